The first kappa shape index (κ1) is 29.1. The molecule has 7 rings (SSSR count). The summed E-state index contributed by atoms with van der Waals surface area (Å²) in [6.45, 7) is 3.32. The zero-order valence-corrected chi connectivity index (χ0v) is 24.5. The van der Waals surface area contributed by atoms with E-state index in [2.05, 4.69) is 0 Å². The number of rotatable bonds is 2. The van der Waals surface area contributed by atoms with Crippen LogP contribution in [0.4, 0.5) is 39.5 Å². The molecule has 3 heterocycles. The summed E-state index contributed by atoms with van der Waals surface area (Å²) in [5.41, 5.74) is -5.06. The van der Waals surface area contributed by atoms with Crippen LogP contribution in [0.25, 0.3) is 0 Å². The van der Waals surface area contributed by atoms with E-state index in [-0.39, 0.29) is 25.2 Å². The Bertz CT molecular complexity index is 1640. The number of hydrogen-bond acceptors (Lipinski definition) is 1. The quantitative estimate of drug-likeness (QED) is 0.172. The van der Waals surface area contributed by atoms with Gasteiger partial charge >= 0.3 is 237 Å². The minimum atomic E-state index is -6.87. The fourth-order valence-corrected chi connectivity index (χ4v) is 26.1. The summed E-state index contributed by atoms with van der Waals surface area (Å²) in [6, 6.07) is 19.4. The Hall–Kier alpha value is -2.97. The normalized spacial score (nSPS) is 21.1. The molecule has 0 saturated heterocycles. The van der Waals surface area contributed by atoms with Crippen molar-refractivity contribution in [3.8, 4) is 0 Å². The monoisotopic (exact) mass is 702 g/mol. The first-order valence-corrected chi connectivity index (χ1v) is 19.0. The second-order valence-electron chi connectivity index (χ2n) is 10.8. The molecule has 4 aromatic rings. The summed E-state index contributed by atoms with van der Waals surface area (Å²) in [4.78, 5) is 0. The molecule has 0 N–H and O–H groups in total. The van der Waals surface area contributed by atoms with E-state index < -0.39 is 53.4 Å². The molecular weight excluding hydrogens is 681 g/mol. The van der Waals surface area contributed by atoms with Crippen LogP contribution in [0.15, 0.2) is 91.0 Å². The molecule has 3 aliphatic rings. The summed E-state index contributed by atoms with van der Waals surface area (Å²) < 4.78 is 139. The predicted octanol–water partition coefficient (Wildman–Crippen LogP) is 6.49. The van der Waals surface area contributed by atoms with Crippen molar-refractivity contribution in [1.29, 1.82) is 0 Å². The van der Waals surface area contributed by atoms with Crippen LogP contribution >= 0.6 is 0 Å². The summed E-state index contributed by atoms with van der Waals surface area (Å²) >= 11 is -6.87. The molecule has 0 amide bonds. The van der Waals surface area contributed by atoms with Gasteiger partial charge in [0.15, 0.2) is 0 Å². The Morgan fingerprint density at radius 2 is 1.05 bits per heavy atom. The van der Waals surface area contributed by atoms with Gasteiger partial charge in [0, 0.05) is 0 Å². The number of hydrogen-bond donors (Lipinski definition) is 0. The van der Waals surface area contributed by atoms with E-state index in [4.69, 9.17) is 3.02 Å². The standard InChI is InChI=1S/C16H9F6O.C8H9.C7H4F3.Sb/c17-15(18,19)14(23,16(20,21)22)13(11-7-3-1-4-8-11)12-9-5-2-6-10-12;1-7-4-3-5-8(2)6-7;8-7(9,10)6-4-2-1-3-5-6;/h1-7,9,13H;4-6H,1-2H3;2-5H;/q-1;;;+1. The molecule has 0 saturated carbocycles. The van der Waals surface area contributed by atoms with Crippen LogP contribution in [0.2, 0.25) is 0 Å². The molecular formula is C31H22F9OSb. The van der Waals surface area contributed by atoms with Crippen LogP contribution in [-0.4, -0.2) is 35.8 Å². The molecule has 0 aliphatic carbocycles. The molecule has 42 heavy (non-hydrogen) atoms. The van der Waals surface area contributed by atoms with Crippen molar-refractivity contribution >= 4 is 31.9 Å². The summed E-state index contributed by atoms with van der Waals surface area (Å²) in [6.07, 6.45) is -16.7. The molecule has 0 unspecified atom stereocenters. The Morgan fingerprint density at radius 3 is 1.48 bits per heavy atom. The second-order valence-corrected chi connectivity index (χ2v) is 22.9. The fraction of sp³-hybridized carbons (Fsp3) is 0.226. The molecule has 0 atom stereocenters. The van der Waals surface area contributed by atoms with E-state index in [0.717, 1.165) is 12.1 Å². The van der Waals surface area contributed by atoms with E-state index in [9.17, 15) is 13.2 Å². The van der Waals surface area contributed by atoms with Gasteiger partial charge in [0.05, 0.1) is 0 Å². The van der Waals surface area contributed by atoms with Gasteiger partial charge in [0.1, 0.15) is 0 Å². The van der Waals surface area contributed by atoms with Gasteiger partial charge in [-0.15, -0.1) is 0 Å². The molecule has 220 valence electrons. The number of aryl methyl sites for hydroxylation is 2. The van der Waals surface area contributed by atoms with E-state index in [1.54, 1.807) is 19.9 Å². The van der Waals surface area contributed by atoms with Gasteiger partial charge in [-0.3, -0.25) is 0 Å². The van der Waals surface area contributed by atoms with Crippen molar-refractivity contribution in [2.45, 2.75) is 43.9 Å². The van der Waals surface area contributed by atoms with Crippen LogP contribution in [0.1, 0.15) is 33.7 Å². The first-order valence-electron chi connectivity index (χ1n) is 12.8. The van der Waals surface area contributed by atoms with Crippen LogP contribution in [0, 0.1) is 13.8 Å². The van der Waals surface area contributed by atoms with Crippen LogP contribution in [0.5, 0.6) is 0 Å². The van der Waals surface area contributed by atoms with E-state index in [1.165, 1.54) is 60.7 Å². The molecule has 0 radical (unpaired) electrons. The van der Waals surface area contributed by atoms with Crippen molar-refractivity contribution in [2.24, 2.45) is 0 Å². The maximum absolute atomic E-state index is 15.3. The fourth-order valence-electron chi connectivity index (χ4n) is 6.95. The third-order valence-corrected chi connectivity index (χ3v) is 25.0. The van der Waals surface area contributed by atoms with E-state index >= 15 is 26.3 Å². The molecule has 3 aliphatic heterocycles. The third kappa shape index (κ3) is 3.45. The number of fused-ring (bicyclic) bond motifs is 1. The maximum atomic E-state index is 15.3. The van der Waals surface area contributed by atoms with Crippen molar-refractivity contribution in [3.63, 3.8) is 0 Å². The summed E-state index contributed by atoms with van der Waals surface area (Å²) in [7, 11) is 0. The molecule has 2 bridgehead atoms. The molecule has 4 aromatic carbocycles. The number of alkyl halides is 9. The third-order valence-electron chi connectivity index (χ3n) is 8.38. The van der Waals surface area contributed by atoms with Crippen LogP contribution in [0.3, 0.4) is 0 Å². The van der Waals surface area contributed by atoms with E-state index in [1.807, 2.05) is 0 Å². The van der Waals surface area contributed by atoms with Gasteiger partial charge in [-0.05, 0) is 0 Å². The van der Waals surface area contributed by atoms with Gasteiger partial charge in [0.25, 0.3) is 0 Å². The summed E-state index contributed by atoms with van der Waals surface area (Å²) in [5, 5.41) is 0. The van der Waals surface area contributed by atoms with Crippen molar-refractivity contribution in [3.05, 3.63) is 119 Å². The van der Waals surface area contributed by atoms with Gasteiger partial charge in [-0.25, -0.2) is 0 Å². The molecule has 1 nitrogen and oxygen atoms in total. The SMILES string of the molecule is Cc1cc(C)c[c]([Sb]23([c]4ccc(C(F)(F)F)cc4)[O]C(C(F)(F)F)(C(F)(F)F)C(c4cccc[c]42)c2cccc[c]23)c1. The Morgan fingerprint density at radius 1 is 0.595 bits per heavy atom. The Labute approximate surface area is 236 Å². The number of halogens is 9. The second kappa shape index (κ2) is 8.79. The van der Waals surface area contributed by atoms with Gasteiger partial charge in [-0.1, -0.05) is 0 Å². The van der Waals surface area contributed by atoms with Gasteiger partial charge in [-0.2, -0.15) is 0 Å². The molecule has 0 spiro atoms. The van der Waals surface area contributed by atoms with Gasteiger partial charge in [0.2, 0.25) is 0 Å². The van der Waals surface area contributed by atoms with Gasteiger partial charge < -0.3 is 0 Å². The topological polar surface area (TPSA) is 9.23 Å². The molecule has 11 heteroatoms. The van der Waals surface area contributed by atoms with Crippen LogP contribution < -0.4 is 14.0 Å². The Kier molecular flexibility index (Phi) is 6.09. The average Bonchev–Trinajstić information content (AvgIpc) is 2.91. The predicted molar refractivity (Wildman–Crippen MR) is 142 cm³/mol. The zero-order valence-electron chi connectivity index (χ0n) is 22.0. The molecule has 0 aromatic heterocycles. The summed E-state index contributed by atoms with van der Waals surface area (Å²) in [5.74, 6) is -2.29. The first-order chi connectivity index (χ1) is 19.5. The zero-order chi connectivity index (χ0) is 30.5. The molecule has 0 fully saturated rings. The Balaban J connectivity index is 1.95. The van der Waals surface area contributed by atoms with E-state index in [0.29, 0.717) is 23.3 Å². The average molecular weight is 703 g/mol. The number of benzene rings is 4. The van der Waals surface area contributed by atoms with Crippen molar-refractivity contribution in [1.82, 2.24) is 0 Å². The van der Waals surface area contributed by atoms with Crippen molar-refractivity contribution in [2.75, 3.05) is 0 Å². The van der Waals surface area contributed by atoms with Crippen molar-refractivity contribution < 1.29 is 42.5 Å². The minimum absolute atomic E-state index is 0.107. The van der Waals surface area contributed by atoms with Crippen LogP contribution in [-0.2, 0) is 9.19 Å².